The van der Waals surface area contributed by atoms with Gasteiger partial charge >= 0.3 is 0 Å². The molecule has 1 fully saturated rings. The number of nitrogens with zero attached hydrogens (tertiary/aromatic N) is 1. The first-order chi connectivity index (χ1) is 17.8. The number of carbonyl (C=O) groups excluding carboxylic acids is 2. The number of benzene rings is 2. The van der Waals surface area contributed by atoms with Crippen LogP contribution in [0.15, 0.2) is 70.9 Å². The number of amides is 1. The van der Waals surface area contributed by atoms with E-state index in [9.17, 15) is 14.7 Å². The first-order valence-electron chi connectivity index (χ1n) is 12.3. The molecule has 1 atom stereocenters. The van der Waals surface area contributed by atoms with Crippen molar-refractivity contribution in [2.24, 2.45) is 5.92 Å². The lowest BCUT2D eigenvalue weighted by atomic mass is 9.95. The minimum absolute atomic E-state index is 0.0187. The largest absolute Gasteiger partial charge is 0.507 e. The van der Waals surface area contributed by atoms with Crippen LogP contribution in [0.25, 0.3) is 5.76 Å². The predicted octanol–water partition coefficient (Wildman–Crippen LogP) is 6.38. The molecule has 1 amide bonds. The number of ketones is 1. The Morgan fingerprint density at radius 1 is 1.08 bits per heavy atom. The number of ether oxygens (including phenoxy) is 2. The van der Waals surface area contributed by atoms with Gasteiger partial charge in [0, 0.05) is 10.6 Å². The Bertz CT molecular complexity index is 1280. The maximum absolute atomic E-state index is 13.3. The zero-order valence-corrected chi connectivity index (χ0v) is 21.8. The summed E-state index contributed by atoms with van der Waals surface area (Å²) in [5.74, 6) is 0.287. The minimum Gasteiger partial charge on any atom is -0.507 e. The summed E-state index contributed by atoms with van der Waals surface area (Å²) in [6, 6.07) is 14.3. The number of hydrogen-bond acceptors (Lipinski definition) is 6. The van der Waals surface area contributed by atoms with E-state index in [0.29, 0.717) is 52.5 Å². The van der Waals surface area contributed by atoms with E-state index in [0.717, 1.165) is 6.42 Å². The summed E-state index contributed by atoms with van der Waals surface area (Å²) in [4.78, 5) is 27.9. The Hall–Kier alpha value is -3.71. The third kappa shape index (κ3) is 5.83. The van der Waals surface area contributed by atoms with Crippen molar-refractivity contribution < 1.29 is 28.6 Å². The van der Waals surface area contributed by atoms with Gasteiger partial charge in [-0.05, 0) is 73.4 Å². The van der Waals surface area contributed by atoms with Crippen molar-refractivity contribution in [2.75, 3.05) is 13.2 Å². The second kappa shape index (κ2) is 11.6. The summed E-state index contributed by atoms with van der Waals surface area (Å²) in [7, 11) is 0. The molecule has 1 aromatic heterocycles. The van der Waals surface area contributed by atoms with Crippen LogP contribution < -0.4 is 9.47 Å². The number of aliphatic hydroxyl groups is 1. The van der Waals surface area contributed by atoms with Crippen LogP contribution in [0.4, 0.5) is 0 Å². The van der Waals surface area contributed by atoms with E-state index in [1.807, 2.05) is 6.92 Å². The van der Waals surface area contributed by atoms with E-state index in [4.69, 9.17) is 25.5 Å². The molecule has 3 aromatic rings. The number of hydrogen-bond donors (Lipinski definition) is 1. The molecule has 0 saturated carbocycles. The smallest absolute Gasteiger partial charge is 0.296 e. The second-order valence-electron chi connectivity index (χ2n) is 9.18. The first-order valence-corrected chi connectivity index (χ1v) is 12.6. The number of rotatable bonds is 10. The fourth-order valence-electron chi connectivity index (χ4n) is 4.21. The van der Waals surface area contributed by atoms with E-state index in [1.165, 1.54) is 11.2 Å². The van der Waals surface area contributed by atoms with Gasteiger partial charge in [-0.1, -0.05) is 31.5 Å². The average molecular weight is 524 g/mol. The number of Topliss-reactive ketones (excluding diaryl/α,β-unsaturated/α-hetero) is 1. The Morgan fingerprint density at radius 3 is 2.49 bits per heavy atom. The number of carbonyl (C=O) groups is 2. The molecule has 0 aliphatic carbocycles. The summed E-state index contributed by atoms with van der Waals surface area (Å²) in [6.07, 6.45) is 2.39. The highest BCUT2D eigenvalue weighted by Crippen LogP contribution is 2.43. The SMILES string of the molecule is CCOc1cc(C2C(=C(O)c3ccc(Cl)cc3)C(=O)C(=O)N2Cc2ccco2)ccc1OCCC(C)C. The molecule has 4 rings (SSSR count). The van der Waals surface area contributed by atoms with Crippen molar-refractivity contribution in [2.45, 2.75) is 39.8 Å². The van der Waals surface area contributed by atoms with Gasteiger partial charge in [-0.3, -0.25) is 9.59 Å². The second-order valence-corrected chi connectivity index (χ2v) is 9.62. The molecular formula is C29H30ClNO6. The third-order valence-corrected chi connectivity index (χ3v) is 6.35. The van der Waals surface area contributed by atoms with E-state index < -0.39 is 17.7 Å². The molecule has 0 spiro atoms. The molecule has 1 aliphatic heterocycles. The molecule has 1 saturated heterocycles. The van der Waals surface area contributed by atoms with Gasteiger partial charge in [0.25, 0.3) is 11.7 Å². The molecule has 0 radical (unpaired) electrons. The van der Waals surface area contributed by atoms with Crippen LogP contribution in [-0.4, -0.2) is 34.9 Å². The van der Waals surface area contributed by atoms with Gasteiger partial charge in [0.1, 0.15) is 11.5 Å². The Balaban J connectivity index is 1.80. The number of halogens is 1. The zero-order chi connectivity index (χ0) is 26.5. The number of furan rings is 1. The van der Waals surface area contributed by atoms with Crippen LogP contribution >= 0.6 is 11.6 Å². The lowest BCUT2D eigenvalue weighted by Gasteiger charge is -2.25. The van der Waals surface area contributed by atoms with Gasteiger partial charge in [-0.2, -0.15) is 0 Å². The van der Waals surface area contributed by atoms with E-state index in [-0.39, 0.29) is 17.9 Å². The van der Waals surface area contributed by atoms with Gasteiger partial charge < -0.3 is 23.9 Å². The normalized spacial score (nSPS) is 17.0. The molecule has 7 nitrogen and oxygen atoms in total. The van der Waals surface area contributed by atoms with Crippen molar-refractivity contribution in [1.29, 1.82) is 0 Å². The van der Waals surface area contributed by atoms with Crippen LogP contribution in [0.2, 0.25) is 5.02 Å². The zero-order valence-electron chi connectivity index (χ0n) is 21.1. The molecule has 1 N–H and O–H groups in total. The molecule has 1 unspecified atom stereocenters. The maximum Gasteiger partial charge on any atom is 0.296 e. The van der Waals surface area contributed by atoms with Gasteiger partial charge in [-0.15, -0.1) is 0 Å². The van der Waals surface area contributed by atoms with Crippen molar-refractivity contribution >= 4 is 29.1 Å². The minimum atomic E-state index is -0.871. The summed E-state index contributed by atoms with van der Waals surface area (Å²) >= 11 is 6.01. The maximum atomic E-state index is 13.3. The fourth-order valence-corrected chi connectivity index (χ4v) is 4.34. The van der Waals surface area contributed by atoms with E-state index >= 15 is 0 Å². The first kappa shape index (κ1) is 26.4. The van der Waals surface area contributed by atoms with E-state index in [1.54, 1.807) is 54.6 Å². The molecule has 0 bridgehead atoms. The van der Waals surface area contributed by atoms with Crippen molar-refractivity contribution in [3.8, 4) is 11.5 Å². The molecule has 1 aliphatic rings. The summed E-state index contributed by atoms with van der Waals surface area (Å²) in [6.45, 7) is 7.10. The van der Waals surface area contributed by atoms with Crippen molar-refractivity contribution in [3.05, 3.63) is 88.3 Å². The van der Waals surface area contributed by atoms with E-state index in [2.05, 4.69) is 13.8 Å². The fraction of sp³-hybridized carbons (Fsp3) is 0.310. The highest BCUT2D eigenvalue weighted by molar-refractivity contribution is 6.46. The molecule has 2 aromatic carbocycles. The quantitative estimate of drug-likeness (QED) is 0.188. The number of aliphatic hydroxyl groups excluding tert-OH is 1. The molecule has 2 heterocycles. The van der Waals surface area contributed by atoms with Crippen LogP contribution in [0.3, 0.4) is 0 Å². The molecular weight excluding hydrogens is 494 g/mol. The van der Waals surface area contributed by atoms with Crippen LogP contribution in [0.5, 0.6) is 11.5 Å². The Labute approximate surface area is 221 Å². The molecule has 37 heavy (non-hydrogen) atoms. The standard InChI is InChI=1S/C29H30ClNO6/c1-4-35-24-16-20(9-12-23(24)37-15-13-18(2)3)26-25(27(32)19-7-10-21(30)11-8-19)28(33)29(34)31(26)17-22-6-5-14-36-22/h5-12,14,16,18,26,32H,4,13,15,17H2,1-3H3. The monoisotopic (exact) mass is 523 g/mol. The number of likely N-dealkylation sites (tertiary alicyclic amines) is 1. The van der Waals surface area contributed by atoms with Crippen LogP contribution in [0.1, 0.15) is 50.1 Å². The predicted molar refractivity (Wildman–Crippen MR) is 141 cm³/mol. The van der Waals surface area contributed by atoms with Crippen LogP contribution in [0, 0.1) is 5.92 Å². The lowest BCUT2D eigenvalue weighted by molar-refractivity contribution is -0.140. The van der Waals surface area contributed by atoms with Crippen molar-refractivity contribution in [3.63, 3.8) is 0 Å². The summed E-state index contributed by atoms with van der Waals surface area (Å²) in [5, 5.41) is 11.7. The van der Waals surface area contributed by atoms with Gasteiger partial charge in [0.05, 0.1) is 37.6 Å². The van der Waals surface area contributed by atoms with Gasteiger partial charge in [0.2, 0.25) is 0 Å². The topological polar surface area (TPSA) is 89.2 Å². The summed E-state index contributed by atoms with van der Waals surface area (Å²) in [5.41, 5.74) is 0.958. The Morgan fingerprint density at radius 2 is 1.84 bits per heavy atom. The summed E-state index contributed by atoms with van der Waals surface area (Å²) < 4.78 is 17.3. The Kier molecular flexibility index (Phi) is 8.24. The van der Waals surface area contributed by atoms with Gasteiger partial charge in [-0.25, -0.2) is 0 Å². The van der Waals surface area contributed by atoms with Crippen LogP contribution in [-0.2, 0) is 16.1 Å². The van der Waals surface area contributed by atoms with Gasteiger partial charge in [0.15, 0.2) is 11.5 Å². The van der Waals surface area contributed by atoms with Crippen molar-refractivity contribution in [1.82, 2.24) is 4.90 Å². The third-order valence-electron chi connectivity index (χ3n) is 6.10. The lowest BCUT2D eigenvalue weighted by Crippen LogP contribution is -2.29. The molecule has 194 valence electrons. The highest BCUT2D eigenvalue weighted by Gasteiger charge is 2.46. The average Bonchev–Trinajstić information content (AvgIpc) is 3.47. The highest BCUT2D eigenvalue weighted by atomic mass is 35.5. The molecule has 8 heteroatoms.